The topological polar surface area (TPSA) is 74.7 Å². The minimum absolute atomic E-state index is 0.0136. The van der Waals surface area contributed by atoms with Crippen LogP contribution in [0.1, 0.15) is 23.7 Å². The molecule has 0 aliphatic carbocycles. The van der Waals surface area contributed by atoms with Gasteiger partial charge in [0.05, 0.1) is 5.69 Å². The maximum Gasteiger partial charge on any atom is 0.341 e. The molecule has 8 heteroatoms. The highest BCUT2D eigenvalue weighted by Crippen LogP contribution is 2.25. The first kappa shape index (κ1) is 14.4. The van der Waals surface area contributed by atoms with Gasteiger partial charge in [-0.05, 0) is 18.6 Å². The molecule has 1 rings (SSSR count). The Balaban J connectivity index is 3.41. The molecule has 0 bridgehead atoms. The smallest absolute Gasteiger partial charge is 0.341 e. The SMILES string of the molecule is CCCN(c1ccc(F)c(C(=O)O)c1F)[SH](=O)=O. The van der Waals surface area contributed by atoms with Crippen LogP contribution in [-0.4, -0.2) is 26.0 Å². The third-order valence-electron chi connectivity index (χ3n) is 2.20. The molecule has 0 fully saturated rings. The van der Waals surface area contributed by atoms with Crippen molar-refractivity contribution in [2.45, 2.75) is 13.3 Å². The second-order valence-corrected chi connectivity index (χ2v) is 4.38. The molecule has 0 radical (unpaired) electrons. The van der Waals surface area contributed by atoms with Gasteiger partial charge in [-0.2, -0.15) is 0 Å². The molecule has 0 unspecified atom stereocenters. The van der Waals surface area contributed by atoms with E-state index in [4.69, 9.17) is 5.11 Å². The van der Waals surface area contributed by atoms with Crippen molar-refractivity contribution in [2.75, 3.05) is 10.8 Å². The molecular formula is C10H11F2NO4S. The molecule has 5 nitrogen and oxygen atoms in total. The summed E-state index contributed by atoms with van der Waals surface area (Å²) < 4.78 is 49.5. The first-order valence-corrected chi connectivity index (χ1v) is 6.16. The Morgan fingerprint density at radius 1 is 1.39 bits per heavy atom. The highest BCUT2D eigenvalue weighted by molar-refractivity contribution is 7.74. The van der Waals surface area contributed by atoms with E-state index in [9.17, 15) is 22.0 Å². The van der Waals surface area contributed by atoms with Crippen LogP contribution in [0.4, 0.5) is 14.5 Å². The van der Waals surface area contributed by atoms with E-state index in [-0.39, 0.29) is 6.54 Å². The monoisotopic (exact) mass is 279 g/mol. The summed E-state index contributed by atoms with van der Waals surface area (Å²) in [6.45, 7) is 1.66. The molecule has 0 aliphatic heterocycles. The van der Waals surface area contributed by atoms with Crippen molar-refractivity contribution in [1.29, 1.82) is 0 Å². The van der Waals surface area contributed by atoms with E-state index in [0.29, 0.717) is 10.7 Å². The molecule has 0 amide bonds. The third-order valence-corrected chi connectivity index (χ3v) is 3.00. The largest absolute Gasteiger partial charge is 0.477 e. The average Bonchev–Trinajstić information content (AvgIpc) is 2.26. The third kappa shape index (κ3) is 2.76. The minimum atomic E-state index is -3.13. The first-order valence-electron chi connectivity index (χ1n) is 5.03. The Labute approximate surface area is 104 Å². The minimum Gasteiger partial charge on any atom is -0.477 e. The normalized spacial score (nSPS) is 10.7. The van der Waals surface area contributed by atoms with Crippen LogP contribution in [0.5, 0.6) is 0 Å². The molecule has 100 valence electrons. The lowest BCUT2D eigenvalue weighted by Gasteiger charge is -2.18. The highest BCUT2D eigenvalue weighted by Gasteiger charge is 2.23. The van der Waals surface area contributed by atoms with Gasteiger partial charge >= 0.3 is 5.97 Å². The molecule has 1 aromatic rings. The van der Waals surface area contributed by atoms with Gasteiger partial charge in [-0.3, -0.25) is 4.31 Å². The fourth-order valence-corrected chi connectivity index (χ4v) is 2.13. The fraction of sp³-hybridized carbons (Fsp3) is 0.300. The van der Waals surface area contributed by atoms with E-state index in [2.05, 4.69) is 0 Å². The molecule has 0 spiro atoms. The highest BCUT2D eigenvalue weighted by atomic mass is 32.2. The van der Waals surface area contributed by atoms with Gasteiger partial charge in [-0.25, -0.2) is 22.0 Å². The summed E-state index contributed by atoms with van der Waals surface area (Å²) in [5.74, 6) is -4.43. The Morgan fingerprint density at radius 2 is 2.00 bits per heavy atom. The van der Waals surface area contributed by atoms with Gasteiger partial charge in [0.15, 0.2) is 5.82 Å². The van der Waals surface area contributed by atoms with Gasteiger partial charge in [-0.1, -0.05) is 6.92 Å². The van der Waals surface area contributed by atoms with Gasteiger partial charge < -0.3 is 5.11 Å². The number of nitrogens with zero attached hydrogens (tertiary/aromatic N) is 1. The lowest BCUT2D eigenvalue weighted by molar-refractivity contribution is 0.0686. The number of anilines is 1. The summed E-state index contributed by atoms with van der Waals surface area (Å²) in [5, 5.41) is 8.67. The van der Waals surface area contributed by atoms with Crippen molar-refractivity contribution < 1.29 is 27.1 Å². The molecule has 0 heterocycles. The van der Waals surface area contributed by atoms with E-state index in [0.717, 1.165) is 12.1 Å². The maximum absolute atomic E-state index is 13.8. The number of carboxylic acid groups (broad SMARTS) is 1. The zero-order valence-corrected chi connectivity index (χ0v) is 10.3. The molecular weight excluding hydrogens is 268 g/mol. The second-order valence-electron chi connectivity index (χ2n) is 3.42. The van der Waals surface area contributed by atoms with Gasteiger partial charge in [0, 0.05) is 6.54 Å². The van der Waals surface area contributed by atoms with E-state index >= 15 is 0 Å². The Bertz CT molecular complexity index is 537. The van der Waals surface area contributed by atoms with Gasteiger partial charge in [0.1, 0.15) is 11.4 Å². The average molecular weight is 279 g/mol. The van der Waals surface area contributed by atoms with Crippen LogP contribution in [0.15, 0.2) is 12.1 Å². The van der Waals surface area contributed by atoms with E-state index in [1.54, 1.807) is 6.92 Å². The van der Waals surface area contributed by atoms with Crippen LogP contribution in [0.25, 0.3) is 0 Å². The zero-order chi connectivity index (χ0) is 13.9. The predicted molar refractivity (Wildman–Crippen MR) is 61.3 cm³/mol. The van der Waals surface area contributed by atoms with Crippen LogP contribution in [0.2, 0.25) is 0 Å². The van der Waals surface area contributed by atoms with E-state index in [1.807, 2.05) is 0 Å². The summed E-state index contributed by atoms with van der Waals surface area (Å²) in [6.07, 6.45) is 0.405. The number of benzene rings is 1. The Kier molecular flexibility index (Phi) is 4.60. The number of halogens is 2. The van der Waals surface area contributed by atoms with Crippen molar-refractivity contribution >= 4 is 22.5 Å². The number of hydrogen-bond donors (Lipinski definition) is 2. The van der Waals surface area contributed by atoms with Crippen molar-refractivity contribution in [3.05, 3.63) is 29.3 Å². The number of hydrogen-bond acceptors (Lipinski definition) is 3. The van der Waals surface area contributed by atoms with Gasteiger partial charge in [0.25, 0.3) is 0 Å². The van der Waals surface area contributed by atoms with Crippen LogP contribution in [-0.2, 0) is 10.9 Å². The summed E-state index contributed by atoms with van der Waals surface area (Å²) in [4.78, 5) is 10.7. The van der Waals surface area contributed by atoms with Crippen LogP contribution in [0, 0.1) is 11.6 Å². The zero-order valence-electron chi connectivity index (χ0n) is 9.39. The maximum atomic E-state index is 13.8. The molecule has 0 aromatic heterocycles. The number of rotatable bonds is 5. The summed E-state index contributed by atoms with van der Waals surface area (Å²) in [6, 6.07) is 1.63. The van der Waals surface area contributed by atoms with Crippen LogP contribution < -0.4 is 4.31 Å². The Morgan fingerprint density at radius 3 is 2.44 bits per heavy atom. The summed E-state index contributed by atoms with van der Waals surface area (Å²) >= 11 is 0. The quantitative estimate of drug-likeness (QED) is 0.799. The molecule has 0 aliphatic rings. The first-order chi connectivity index (χ1) is 8.40. The molecule has 0 atom stereocenters. The number of thiol groups is 1. The van der Waals surface area contributed by atoms with Crippen molar-refractivity contribution in [3.63, 3.8) is 0 Å². The van der Waals surface area contributed by atoms with Gasteiger partial charge in [-0.15, -0.1) is 0 Å². The molecule has 1 aromatic carbocycles. The van der Waals surface area contributed by atoms with E-state index < -0.39 is 39.7 Å². The fourth-order valence-electron chi connectivity index (χ4n) is 1.44. The predicted octanol–water partition coefficient (Wildman–Crippen LogP) is 1.41. The second kappa shape index (κ2) is 5.76. The summed E-state index contributed by atoms with van der Waals surface area (Å²) in [7, 11) is -3.13. The summed E-state index contributed by atoms with van der Waals surface area (Å²) in [5.41, 5.74) is -1.63. The van der Waals surface area contributed by atoms with Crippen LogP contribution in [0.3, 0.4) is 0 Å². The molecule has 18 heavy (non-hydrogen) atoms. The van der Waals surface area contributed by atoms with Gasteiger partial charge in [0.2, 0.25) is 10.9 Å². The van der Waals surface area contributed by atoms with Crippen molar-refractivity contribution in [3.8, 4) is 0 Å². The number of carbonyl (C=O) groups is 1. The van der Waals surface area contributed by atoms with Crippen molar-refractivity contribution in [1.82, 2.24) is 0 Å². The number of aromatic carboxylic acids is 1. The number of carboxylic acids is 1. The molecule has 1 N–H and O–H groups in total. The Hall–Kier alpha value is -1.70. The van der Waals surface area contributed by atoms with E-state index in [1.165, 1.54) is 0 Å². The molecule has 0 saturated heterocycles. The lowest BCUT2D eigenvalue weighted by Crippen LogP contribution is -2.24. The molecule has 0 saturated carbocycles. The lowest BCUT2D eigenvalue weighted by atomic mass is 10.1. The van der Waals surface area contributed by atoms with Crippen molar-refractivity contribution in [2.24, 2.45) is 0 Å². The van der Waals surface area contributed by atoms with Crippen LogP contribution >= 0.6 is 0 Å². The standard InChI is InChI=1S/C10H11F2NO4S/c1-2-5-13(18(16)17)7-4-3-6(11)8(9(7)12)10(14)15/h3-4,18H,2,5H2,1H3,(H,14,15).